The molecule has 150 valence electrons. The second kappa shape index (κ2) is 6.10. The van der Waals surface area contributed by atoms with Crippen LogP contribution in [-0.2, 0) is 20.4 Å². The summed E-state index contributed by atoms with van der Waals surface area (Å²) in [5, 5.41) is 9.01. The third-order valence-corrected chi connectivity index (χ3v) is 8.42. The molecule has 0 aromatic heterocycles. The first-order valence-corrected chi connectivity index (χ1v) is 10.5. The third kappa shape index (κ3) is 2.57. The number of methoxy groups -OCH3 is 1. The molecule has 0 amide bonds. The summed E-state index contributed by atoms with van der Waals surface area (Å²) in [5.74, 6) is 5.76. The van der Waals surface area contributed by atoms with E-state index >= 15 is 0 Å². The lowest BCUT2D eigenvalue weighted by atomic mass is 9.62. The molecule has 0 spiro atoms. The molecule has 4 rings (SSSR count). The minimum atomic E-state index is -1.08. The van der Waals surface area contributed by atoms with E-state index in [-0.39, 0.29) is 10.8 Å². The standard InChI is InChI=1S/C25H32O3/c1-15-11-17(3)23(4,5)20-12-16(2)19(13-18(15)20)24-9-10-25(28-6,21(24)14-24)8-7-22(26)27/h12-13,15,17,21H,9-11,14H2,1-6H3,(H,26,27). The van der Waals surface area contributed by atoms with Gasteiger partial charge in [0.25, 0.3) is 0 Å². The summed E-state index contributed by atoms with van der Waals surface area (Å²) in [6.45, 7) is 11.7. The van der Waals surface area contributed by atoms with E-state index in [2.05, 4.69) is 58.6 Å². The predicted molar refractivity (Wildman–Crippen MR) is 111 cm³/mol. The van der Waals surface area contributed by atoms with Crippen LogP contribution in [0.5, 0.6) is 0 Å². The average molecular weight is 381 g/mol. The van der Waals surface area contributed by atoms with Crippen molar-refractivity contribution in [3.05, 3.63) is 34.4 Å². The molecule has 0 bridgehead atoms. The van der Waals surface area contributed by atoms with Crippen molar-refractivity contribution < 1.29 is 14.6 Å². The van der Waals surface area contributed by atoms with Crippen LogP contribution in [-0.4, -0.2) is 23.8 Å². The van der Waals surface area contributed by atoms with Crippen LogP contribution in [0, 0.1) is 30.6 Å². The SMILES string of the molecule is COC1(C#CC(=O)O)CCC2(c3cc4c(cc3C)C(C)(C)C(C)CC4C)CC12. The first-order chi connectivity index (χ1) is 13.1. The Bertz CT molecular complexity index is 902. The van der Waals surface area contributed by atoms with E-state index in [1.165, 1.54) is 28.7 Å². The number of fused-ring (bicyclic) bond motifs is 2. The van der Waals surface area contributed by atoms with E-state index in [1.807, 2.05) is 0 Å². The zero-order chi connectivity index (χ0) is 20.5. The number of carboxylic acids is 1. The van der Waals surface area contributed by atoms with Gasteiger partial charge in [0.2, 0.25) is 0 Å². The minimum absolute atomic E-state index is 0.106. The van der Waals surface area contributed by atoms with Crippen LogP contribution in [0.4, 0.5) is 0 Å². The normalized spacial score (nSPS) is 37.4. The smallest absolute Gasteiger partial charge is 0.382 e. The largest absolute Gasteiger partial charge is 0.472 e. The summed E-state index contributed by atoms with van der Waals surface area (Å²) in [5.41, 5.74) is 5.53. The van der Waals surface area contributed by atoms with Gasteiger partial charge in [0.15, 0.2) is 0 Å². The van der Waals surface area contributed by atoms with Crippen molar-refractivity contribution in [2.45, 2.75) is 82.7 Å². The summed E-state index contributed by atoms with van der Waals surface area (Å²) in [4.78, 5) is 11.0. The lowest BCUT2D eigenvalue weighted by molar-refractivity contribution is -0.130. The molecule has 0 radical (unpaired) electrons. The molecular formula is C25H32O3. The zero-order valence-corrected chi connectivity index (χ0v) is 18.0. The highest BCUT2D eigenvalue weighted by Gasteiger charge is 2.69. The van der Waals surface area contributed by atoms with Crippen LogP contribution in [0.1, 0.15) is 81.5 Å². The van der Waals surface area contributed by atoms with Crippen molar-refractivity contribution in [2.24, 2.45) is 11.8 Å². The van der Waals surface area contributed by atoms with Crippen molar-refractivity contribution >= 4 is 5.97 Å². The highest BCUT2D eigenvalue weighted by molar-refractivity contribution is 5.86. The predicted octanol–water partition coefficient (Wildman–Crippen LogP) is 4.94. The third-order valence-electron chi connectivity index (χ3n) is 8.42. The average Bonchev–Trinajstić information content (AvgIpc) is 3.29. The van der Waals surface area contributed by atoms with Crippen molar-refractivity contribution in [3.63, 3.8) is 0 Å². The summed E-state index contributed by atoms with van der Waals surface area (Å²) in [6.07, 6.45) is 4.10. The van der Waals surface area contributed by atoms with Crippen LogP contribution in [0.25, 0.3) is 0 Å². The molecule has 0 heterocycles. The molecule has 3 nitrogen and oxygen atoms in total. The van der Waals surface area contributed by atoms with Crippen LogP contribution in [0.2, 0.25) is 0 Å². The van der Waals surface area contributed by atoms with Gasteiger partial charge in [0, 0.05) is 24.4 Å². The molecule has 1 aromatic rings. The van der Waals surface area contributed by atoms with Gasteiger partial charge in [-0.15, -0.1) is 0 Å². The summed E-state index contributed by atoms with van der Waals surface area (Å²) in [7, 11) is 1.68. The van der Waals surface area contributed by atoms with Crippen molar-refractivity contribution in [2.75, 3.05) is 7.11 Å². The van der Waals surface area contributed by atoms with Crippen LogP contribution in [0.3, 0.4) is 0 Å². The molecule has 3 aliphatic rings. The summed E-state index contributed by atoms with van der Waals surface area (Å²) in [6, 6.07) is 4.93. The second-order valence-corrected chi connectivity index (χ2v) is 10.1. The van der Waals surface area contributed by atoms with Crippen LogP contribution >= 0.6 is 0 Å². The Morgan fingerprint density at radius 2 is 1.93 bits per heavy atom. The Labute approximate surface area is 168 Å². The first-order valence-electron chi connectivity index (χ1n) is 10.5. The minimum Gasteiger partial charge on any atom is -0.472 e. The van der Waals surface area contributed by atoms with Gasteiger partial charge in [0.05, 0.1) is 0 Å². The van der Waals surface area contributed by atoms with Gasteiger partial charge in [-0.1, -0.05) is 45.7 Å². The maximum Gasteiger partial charge on any atom is 0.382 e. The molecule has 0 saturated heterocycles. The Morgan fingerprint density at radius 3 is 2.54 bits per heavy atom. The first kappa shape index (κ1) is 19.5. The number of benzene rings is 1. The highest BCUT2D eigenvalue weighted by Crippen LogP contribution is 2.69. The number of carboxylic acid groups (broad SMARTS) is 1. The molecule has 3 aliphatic carbocycles. The van der Waals surface area contributed by atoms with Crippen LogP contribution < -0.4 is 0 Å². The number of hydrogen-bond donors (Lipinski definition) is 1. The molecule has 28 heavy (non-hydrogen) atoms. The van der Waals surface area contributed by atoms with Crippen LogP contribution in [0.15, 0.2) is 12.1 Å². The molecule has 3 heteroatoms. The number of rotatable bonds is 2. The van der Waals surface area contributed by atoms with E-state index in [4.69, 9.17) is 9.84 Å². The lowest BCUT2D eigenvalue weighted by Gasteiger charge is -2.42. The van der Waals surface area contributed by atoms with Crippen molar-refractivity contribution in [1.82, 2.24) is 0 Å². The lowest BCUT2D eigenvalue weighted by Crippen LogP contribution is -2.34. The number of hydrogen-bond acceptors (Lipinski definition) is 2. The summed E-state index contributed by atoms with van der Waals surface area (Å²) < 4.78 is 5.83. The monoisotopic (exact) mass is 380 g/mol. The maximum atomic E-state index is 11.0. The quantitative estimate of drug-likeness (QED) is 0.739. The Hall–Kier alpha value is -1.79. The highest BCUT2D eigenvalue weighted by atomic mass is 16.5. The number of aryl methyl sites for hydroxylation is 1. The number of carbonyl (C=O) groups is 1. The molecule has 2 fully saturated rings. The van der Waals surface area contributed by atoms with Gasteiger partial charge in [-0.25, -0.2) is 4.79 Å². The Morgan fingerprint density at radius 1 is 1.21 bits per heavy atom. The molecule has 1 aromatic carbocycles. The number of aliphatic carboxylic acids is 1. The fourth-order valence-corrected chi connectivity index (χ4v) is 6.26. The van der Waals surface area contributed by atoms with E-state index in [9.17, 15) is 4.79 Å². The van der Waals surface area contributed by atoms with Gasteiger partial charge < -0.3 is 9.84 Å². The molecule has 0 aliphatic heterocycles. The number of ether oxygens (including phenoxy) is 1. The van der Waals surface area contributed by atoms with Gasteiger partial charge in [0.1, 0.15) is 5.60 Å². The fraction of sp³-hybridized carbons (Fsp3) is 0.640. The van der Waals surface area contributed by atoms with Gasteiger partial charge in [-0.2, -0.15) is 0 Å². The van der Waals surface area contributed by atoms with Gasteiger partial charge in [-0.05, 0) is 72.1 Å². The van der Waals surface area contributed by atoms with E-state index < -0.39 is 11.6 Å². The van der Waals surface area contributed by atoms with Crippen molar-refractivity contribution in [3.8, 4) is 11.8 Å². The molecule has 2 saturated carbocycles. The fourth-order valence-electron chi connectivity index (χ4n) is 6.26. The van der Waals surface area contributed by atoms with E-state index in [0.717, 1.165) is 19.3 Å². The van der Waals surface area contributed by atoms with Gasteiger partial charge in [-0.3, -0.25) is 0 Å². The Kier molecular flexibility index (Phi) is 4.25. The maximum absolute atomic E-state index is 11.0. The summed E-state index contributed by atoms with van der Waals surface area (Å²) >= 11 is 0. The molecule has 5 atom stereocenters. The van der Waals surface area contributed by atoms with Gasteiger partial charge >= 0.3 is 5.97 Å². The zero-order valence-electron chi connectivity index (χ0n) is 18.0. The van der Waals surface area contributed by atoms with Crippen molar-refractivity contribution in [1.29, 1.82) is 0 Å². The molecular weight excluding hydrogens is 348 g/mol. The molecule has 5 unspecified atom stereocenters. The van der Waals surface area contributed by atoms with E-state index in [1.54, 1.807) is 7.11 Å². The molecule has 1 N–H and O–H groups in total. The van der Waals surface area contributed by atoms with E-state index in [0.29, 0.717) is 17.8 Å². The Balaban J connectivity index is 1.76. The topological polar surface area (TPSA) is 46.5 Å². The second-order valence-electron chi connectivity index (χ2n) is 10.1.